The molecule has 1 aliphatic rings. The number of carbonyl (C=O) groups excluding carboxylic acids is 1. The van der Waals surface area contributed by atoms with E-state index in [9.17, 15) is 4.79 Å². The summed E-state index contributed by atoms with van der Waals surface area (Å²) in [6, 6.07) is 22.6. The lowest BCUT2D eigenvalue weighted by Crippen LogP contribution is -2.28. The Bertz CT molecular complexity index is 1030. The molecule has 0 fully saturated rings. The Morgan fingerprint density at radius 3 is 2.39 bits per heavy atom. The molecule has 0 heterocycles. The van der Waals surface area contributed by atoms with Crippen molar-refractivity contribution in [3.05, 3.63) is 99.6 Å². The van der Waals surface area contributed by atoms with Gasteiger partial charge in [-0.05, 0) is 90.8 Å². The summed E-state index contributed by atoms with van der Waals surface area (Å²) < 4.78 is 0. The Labute approximate surface area is 194 Å². The number of benzene rings is 3. The topological polar surface area (TPSA) is 29.1 Å². The van der Waals surface area contributed by atoms with Gasteiger partial charge in [0.25, 0.3) is 5.91 Å². The van der Waals surface area contributed by atoms with E-state index < -0.39 is 0 Å². The number of nitrogens with one attached hydrogen (secondary N) is 1. The zero-order valence-electron chi connectivity index (χ0n) is 17.9. The third kappa shape index (κ3) is 5.72. The molecule has 1 unspecified atom stereocenters. The van der Waals surface area contributed by atoms with Gasteiger partial charge < -0.3 is 5.32 Å². The Morgan fingerprint density at radius 2 is 1.68 bits per heavy atom. The predicted molar refractivity (Wildman–Crippen MR) is 131 cm³/mol. The van der Waals surface area contributed by atoms with Crippen molar-refractivity contribution in [3.63, 3.8) is 0 Å². The molecule has 3 aromatic carbocycles. The summed E-state index contributed by atoms with van der Waals surface area (Å²) in [4.78, 5) is 14.1. The molecule has 3 aromatic rings. The second kappa shape index (κ2) is 10.4. The molecule has 0 saturated carbocycles. The number of fused-ring (bicyclic) bond motifs is 1. The monoisotopic (exact) mass is 449 g/mol. The first kappa shape index (κ1) is 22.0. The van der Waals surface area contributed by atoms with Crippen LogP contribution < -0.4 is 5.32 Å². The van der Waals surface area contributed by atoms with Gasteiger partial charge >= 0.3 is 0 Å². The second-order valence-electron chi connectivity index (χ2n) is 8.11. The van der Waals surface area contributed by atoms with E-state index in [0.29, 0.717) is 5.56 Å². The maximum atomic E-state index is 12.9. The fourth-order valence-electron chi connectivity index (χ4n) is 4.08. The van der Waals surface area contributed by atoms with E-state index in [1.165, 1.54) is 46.4 Å². The first-order valence-corrected chi connectivity index (χ1v) is 12.4. The summed E-state index contributed by atoms with van der Waals surface area (Å²) in [6.07, 6.45) is 5.77. The van der Waals surface area contributed by atoms with Crippen molar-refractivity contribution in [1.29, 1.82) is 0 Å². The van der Waals surface area contributed by atoms with Crippen molar-refractivity contribution in [2.45, 2.75) is 55.7 Å². The summed E-state index contributed by atoms with van der Waals surface area (Å²) in [5.74, 6) is 0.845. The number of amides is 1. The molecule has 0 bridgehead atoms. The van der Waals surface area contributed by atoms with Crippen LogP contribution in [0.15, 0.2) is 71.6 Å². The fraction of sp³-hybridized carbons (Fsp3) is 0.296. The fourth-order valence-corrected chi connectivity index (χ4v) is 5.06. The third-order valence-electron chi connectivity index (χ3n) is 5.92. The molecule has 4 rings (SSSR count). The van der Waals surface area contributed by atoms with Crippen LogP contribution in [-0.2, 0) is 18.6 Å². The number of carbonyl (C=O) groups is 1. The average Bonchev–Trinajstić information content (AvgIpc) is 2.82. The van der Waals surface area contributed by atoms with Crippen molar-refractivity contribution in [1.82, 2.24) is 5.32 Å². The van der Waals surface area contributed by atoms with E-state index in [2.05, 4.69) is 30.4 Å². The molecule has 0 aliphatic heterocycles. The molecule has 0 spiro atoms. The molecular weight excluding hydrogens is 422 g/mol. The highest BCUT2D eigenvalue weighted by Crippen LogP contribution is 2.27. The Kier molecular flexibility index (Phi) is 7.37. The third-order valence-corrected chi connectivity index (χ3v) is 7.26. The smallest absolute Gasteiger partial charge is 0.251 e. The van der Waals surface area contributed by atoms with Crippen LogP contribution in [0.3, 0.4) is 0 Å². The van der Waals surface area contributed by atoms with Gasteiger partial charge in [0.15, 0.2) is 0 Å². The number of hydrogen-bond donors (Lipinski definition) is 1. The molecule has 2 nitrogen and oxygen atoms in total. The zero-order valence-corrected chi connectivity index (χ0v) is 19.4. The number of thioether (sulfide) groups is 1. The summed E-state index contributed by atoms with van der Waals surface area (Å²) in [5.41, 5.74) is 6.05. The van der Waals surface area contributed by atoms with E-state index in [4.69, 9.17) is 11.6 Å². The molecule has 1 atom stereocenters. The van der Waals surface area contributed by atoms with Crippen molar-refractivity contribution >= 4 is 29.3 Å². The lowest BCUT2D eigenvalue weighted by Gasteiger charge is -2.22. The van der Waals surface area contributed by atoms with Crippen LogP contribution in [0.2, 0.25) is 5.02 Å². The van der Waals surface area contributed by atoms with Crippen molar-refractivity contribution in [3.8, 4) is 0 Å². The Hall–Kier alpha value is -2.23. The van der Waals surface area contributed by atoms with E-state index in [1.807, 2.05) is 48.5 Å². The average molecular weight is 450 g/mol. The van der Waals surface area contributed by atoms with E-state index in [-0.39, 0.29) is 11.9 Å². The molecule has 0 saturated heterocycles. The number of rotatable bonds is 7. The van der Waals surface area contributed by atoms with Crippen LogP contribution in [0.1, 0.15) is 64.8 Å². The van der Waals surface area contributed by atoms with Crippen LogP contribution in [-0.4, -0.2) is 5.91 Å². The predicted octanol–water partition coefficient (Wildman–Crippen LogP) is 7.39. The summed E-state index contributed by atoms with van der Waals surface area (Å²) >= 11 is 7.71. The highest BCUT2D eigenvalue weighted by atomic mass is 35.5. The van der Waals surface area contributed by atoms with Crippen LogP contribution in [0.4, 0.5) is 0 Å². The van der Waals surface area contributed by atoms with E-state index in [0.717, 1.165) is 23.6 Å². The largest absolute Gasteiger partial charge is 0.345 e. The Balaban J connectivity index is 1.37. The lowest BCUT2D eigenvalue weighted by molar-refractivity contribution is 0.0935. The van der Waals surface area contributed by atoms with Gasteiger partial charge in [-0.25, -0.2) is 0 Å². The second-order valence-corrected chi connectivity index (χ2v) is 9.59. The van der Waals surface area contributed by atoms with Crippen LogP contribution >= 0.6 is 23.4 Å². The van der Waals surface area contributed by atoms with Gasteiger partial charge in [0.2, 0.25) is 0 Å². The standard InChI is InChI=1S/C27H28ClNOS/c1-2-26(23-12-11-20-5-3-4-6-22(20)17-23)29-27(30)21-9-7-19(8-10-21)18-31-25-15-13-24(28)14-16-25/h7-17,26H,2-6,18H2,1H3,(H,29,30). The SMILES string of the molecule is CCC(NC(=O)c1ccc(CSc2ccc(Cl)cc2)cc1)c1ccc2c(c1)CCCC2. The number of hydrogen-bond acceptors (Lipinski definition) is 2. The van der Waals surface area contributed by atoms with Gasteiger partial charge in [-0.15, -0.1) is 11.8 Å². The van der Waals surface area contributed by atoms with Crippen molar-refractivity contribution in [2.75, 3.05) is 0 Å². The molecule has 4 heteroatoms. The Morgan fingerprint density at radius 1 is 0.968 bits per heavy atom. The van der Waals surface area contributed by atoms with Gasteiger partial charge in [-0.1, -0.05) is 48.9 Å². The zero-order chi connectivity index (χ0) is 21.6. The van der Waals surface area contributed by atoms with Gasteiger partial charge in [0.1, 0.15) is 0 Å². The molecule has 1 amide bonds. The highest BCUT2D eigenvalue weighted by Gasteiger charge is 2.17. The summed E-state index contributed by atoms with van der Waals surface area (Å²) in [7, 11) is 0. The molecule has 1 N–H and O–H groups in total. The number of halogens is 1. The summed E-state index contributed by atoms with van der Waals surface area (Å²) in [5, 5.41) is 3.98. The van der Waals surface area contributed by atoms with Crippen LogP contribution in [0.5, 0.6) is 0 Å². The molecule has 160 valence electrons. The minimum absolute atomic E-state index is 0.0125. The van der Waals surface area contributed by atoms with Gasteiger partial charge in [0, 0.05) is 21.2 Å². The van der Waals surface area contributed by atoms with Gasteiger partial charge in [-0.3, -0.25) is 4.79 Å². The summed E-state index contributed by atoms with van der Waals surface area (Å²) in [6.45, 7) is 2.13. The molecule has 1 aliphatic carbocycles. The molecule has 0 aromatic heterocycles. The first-order chi connectivity index (χ1) is 15.1. The van der Waals surface area contributed by atoms with Crippen molar-refractivity contribution in [2.24, 2.45) is 0 Å². The maximum absolute atomic E-state index is 12.9. The number of aryl methyl sites for hydroxylation is 2. The normalized spacial score (nSPS) is 14.0. The van der Waals surface area contributed by atoms with E-state index in [1.54, 1.807) is 11.8 Å². The maximum Gasteiger partial charge on any atom is 0.251 e. The lowest BCUT2D eigenvalue weighted by atomic mass is 9.88. The van der Waals surface area contributed by atoms with Crippen LogP contribution in [0, 0.1) is 0 Å². The van der Waals surface area contributed by atoms with Crippen molar-refractivity contribution < 1.29 is 4.79 Å². The molecule has 0 radical (unpaired) electrons. The minimum Gasteiger partial charge on any atom is -0.345 e. The highest BCUT2D eigenvalue weighted by molar-refractivity contribution is 7.98. The van der Waals surface area contributed by atoms with E-state index >= 15 is 0 Å². The molecular formula is C27H28ClNOS. The molecule has 31 heavy (non-hydrogen) atoms. The van der Waals surface area contributed by atoms with Gasteiger partial charge in [0.05, 0.1) is 6.04 Å². The quantitative estimate of drug-likeness (QED) is 0.381. The van der Waals surface area contributed by atoms with Crippen LogP contribution in [0.25, 0.3) is 0 Å². The first-order valence-electron chi connectivity index (χ1n) is 11.0. The van der Waals surface area contributed by atoms with Gasteiger partial charge in [-0.2, -0.15) is 0 Å². The minimum atomic E-state index is -0.0125.